The lowest BCUT2D eigenvalue weighted by molar-refractivity contribution is 0.412. The molecule has 1 aromatic carbocycles. The highest BCUT2D eigenvalue weighted by Gasteiger charge is 2.19. The molecule has 0 aliphatic rings. The van der Waals surface area contributed by atoms with Crippen LogP contribution >= 0.6 is 23.2 Å². The summed E-state index contributed by atoms with van der Waals surface area (Å²) < 4.78 is 0. The fraction of sp³-hybridized carbons (Fsp3) is 0.524. The monoisotopic (exact) mass is 408 g/mol. The van der Waals surface area contributed by atoms with Gasteiger partial charge in [-0.25, -0.2) is 9.97 Å². The van der Waals surface area contributed by atoms with Crippen LogP contribution in [-0.2, 0) is 12.8 Å². The summed E-state index contributed by atoms with van der Waals surface area (Å²) in [6.45, 7) is 9.33. The van der Waals surface area contributed by atoms with Gasteiger partial charge in [0, 0.05) is 30.2 Å². The summed E-state index contributed by atoms with van der Waals surface area (Å²) >= 11 is 12.5. The van der Waals surface area contributed by atoms with E-state index in [0.717, 1.165) is 67.4 Å². The van der Waals surface area contributed by atoms with E-state index in [2.05, 4.69) is 44.7 Å². The Morgan fingerprint density at radius 3 is 2.15 bits per heavy atom. The molecule has 0 fully saturated rings. The summed E-state index contributed by atoms with van der Waals surface area (Å²) in [7, 11) is 4.19. The summed E-state index contributed by atoms with van der Waals surface area (Å²) in [6.07, 6.45) is 2.70. The Balaban J connectivity index is 2.54. The molecule has 4 nitrogen and oxygen atoms in total. The first kappa shape index (κ1) is 21.9. The van der Waals surface area contributed by atoms with E-state index in [9.17, 15) is 0 Å². The van der Waals surface area contributed by atoms with E-state index >= 15 is 0 Å². The van der Waals surface area contributed by atoms with Gasteiger partial charge in [0.25, 0.3) is 0 Å². The predicted molar refractivity (Wildman–Crippen MR) is 117 cm³/mol. The summed E-state index contributed by atoms with van der Waals surface area (Å²) in [5, 5.41) is 1.24. The number of rotatable bonds is 9. The molecule has 0 radical (unpaired) electrons. The third kappa shape index (κ3) is 5.56. The van der Waals surface area contributed by atoms with E-state index in [1.54, 1.807) is 6.07 Å². The molecule has 0 amide bonds. The zero-order chi connectivity index (χ0) is 20.0. The van der Waals surface area contributed by atoms with Gasteiger partial charge in [-0.15, -0.1) is 0 Å². The molecule has 2 rings (SSSR count). The Bertz CT molecular complexity index is 762. The van der Waals surface area contributed by atoms with Crippen molar-refractivity contribution < 1.29 is 0 Å². The maximum Gasteiger partial charge on any atom is 0.150 e. The van der Waals surface area contributed by atoms with Crippen molar-refractivity contribution in [2.75, 3.05) is 38.6 Å². The smallest absolute Gasteiger partial charge is 0.150 e. The lowest BCUT2D eigenvalue weighted by atomic mass is 10.1. The molecule has 0 atom stereocenters. The summed E-state index contributed by atoms with van der Waals surface area (Å²) in [5.74, 6) is 1.01. The van der Waals surface area contributed by atoms with Gasteiger partial charge in [0.15, 0.2) is 5.82 Å². The van der Waals surface area contributed by atoms with Gasteiger partial charge in [-0.1, -0.05) is 44.0 Å². The van der Waals surface area contributed by atoms with Crippen LogP contribution < -0.4 is 4.90 Å². The molecule has 0 N–H and O–H groups in total. The van der Waals surface area contributed by atoms with Crippen molar-refractivity contribution >= 4 is 29.0 Å². The molecule has 0 spiro atoms. The molecule has 0 saturated carbocycles. The highest BCUT2D eigenvalue weighted by Crippen LogP contribution is 2.33. The molecule has 6 heteroatoms. The Kier molecular flexibility index (Phi) is 8.33. The number of halogens is 2. The van der Waals surface area contributed by atoms with Gasteiger partial charge in [-0.05, 0) is 51.6 Å². The zero-order valence-corrected chi connectivity index (χ0v) is 18.5. The number of hydrogen-bond acceptors (Lipinski definition) is 4. The molecule has 1 heterocycles. The average molecular weight is 409 g/mol. The number of anilines is 1. The maximum atomic E-state index is 6.46. The summed E-state index contributed by atoms with van der Waals surface area (Å²) in [4.78, 5) is 14.6. The van der Waals surface area contributed by atoms with Gasteiger partial charge in [0.1, 0.15) is 0 Å². The second-order valence-corrected chi connectivity index (χ2v) is 7.75. The Hall–Kier alpha value is -1.36. The molecule has 27 heavy (non-hydrogen) atoms. The third-order valence-corrected chi connectivity index (χ3v) is 5.03. The molecular weight excluding hydrogens is 379 g/mol. The first-order valence-corrected chi connectivity index (χ1v) is 10.4. The van der Waals surface area contributed by atoms with Crippen LogP contribution in [-0.4, -0.2) is 48.6 Å². The van der Waals surface area contributed by atoms with Crippen molar-refractivity contribution in [3.63, 3.8) is 0 Å². The molecule has 0 bridgehead atoms. The van der Waals surface area contributed by atoms with Crippen molar-refractivity contribution in [1.82, 2.24) is 14.9 Å². The van der Waals surface area contributed by atoms with E-state index in [0.29, 0.717) is 10.0 Å². The number of benzene rings is 1. The number of hydrogen-bond donors (Lipinski definition) is 0. The van der Waals surface area contributed by atoms with E-state index in [4.69, 9.17) is 33.2 Å². The van der Waals surface area contributed by atoms with Crippen molar-refractivity contribution in [3.8, 4) is 11.3 Å². The highest BCUT2D eigenvalue weighted by atomic mass is 35.5. The highest BCUT2D eigenvalue weighted by molar-refractivity contribution is 6.36. The van der Waals surface area contributed by atoms with Crippen molar-refractivity contribution in [2.45, 2.75) is 40.0 Å². The largest absolute Gasteiger partial charge is 0.354 e. The lowest BCUT2D eigenvalue weighted by Crippen LogP contribution is -2.34. The Morgan fingerprint density at radius 1 is 0.889 bits per heavy atom. The van der Waals surface area contributed by atoms with Gasteiger partial charge in [0.2, 0.25) is 0 Å². The maximum absolute atomic E-state index is 6.46. The topological polar surface area (TPSA) is 32.3 Å². The fourth-order valence-electron chi connectivity index (χ4n) is 3.04. The first-order chi connectivity index (χ1) is 12.9. The number of aromatic nitrogens is 2. The minimum absolute atomic E-state index is 0.610. The first-order valence-electron chi connectivity index (χ1n) is 9.66. The molecule has 1 aromatic heterocycles. The van der Waals surface area contributed by atoms with E-state index in [-0.39, 0.29) is 0 Å². The zero-order valence-electron chi connectivity index (χ0n) is 17.0. The Morgan fingerprint density at radius 2 is 1.59 bits per heavy atom. The van der Waals surface area contributed by atoms with Crippen molar-refractivity contribution in [1.29, 1.82) is 0 Å². The van der Waals surface area contributed by atoms with Crippen LogP contribution in [0.25, 0.3) is 11.3 Å². The SMILES string of the molecule is CCCN(CCN(C)C)c1nc(CC)c(-c2ccc(Cl)cc2Cl)nc1CC. The number of likely N-dealkylation sites (N-methyl/N-ethyl adjacent to an activating group) is 1. The van der Waals surface area contributed by atoms with Crippen LogP contribution in [0.2, 0.25) is 10.0 Å². The van der Waals surface area contributed by atoms with Crippen molar-refractivity contribution in [2.24, 2.45) is 0 Å². The van der Waals surface area contributed by atoms with E-state index in [1.807, 2.05) is 12.1 Å². The normalized spacial score (nSPS) is 11.3. The molecule has 0 saturated heterocycles. The van der Waals surface area contributed by atoms with Crippen LogP contribution in [0, 0.1) is 0 Å². The molecule has 2 aromatic rings. The Labute approximate surface area is 173 Å². The number of nitrogens with zero attached hydrogens (tertiary/aromatic N) is 4. The van der Waals surface area contributed by atoms with E-state index in [1.165, 1.54) is 0 Å². The standard InChI is InChI=1S/C21H30Cl2N4/c1-6-11-27(13-12-26(4)5)21-19(8-3)24-20(18(7-2)25-21)16-10-9-15(22)14-17(16)23/h9-10,14H,6-8,11-13H2,1-5H3. The third-order valence-electron chi connectivity index (χ3n) is 4.49. The van der Waals surface area contributed by atoms with Crippen LogP contribution in [0.5, 0.6) is 0 Å². The molecule has 0 unspecified atom stereocenters. The van der Waals surface area contributed by atoms with Crippen LogP contribution in [0.1, 0.15) is 38.6 Å². The molecule has 0 aliphatic carbocycles. The minimum Gasteiger partial charge on any atom is -0.354 e. The predicted octanol–water partition coefficient (Wildman–Crippen LogP) is 5.35. The van der Waals surface area contributed by atoms with Crippen LogP contribution in [0.15, 0.2) is 18.2 Å². The van der Waals surface area contributed by atoms with Crippen LogP contribution in [0.3, 0.4) is 0 Å². The molecular formula is C21H30Cl2N4. The summed E-state index contributed by atoms with van der Waals surface area (Å²) in [6, 6.07) is 5.55. The molecule has 0 aliphatic heterocycles. The van der Waals surface area contributed by atoms with Gasteiger partial charge in [-0.2, -0.15) is 0 Å². The summed E-state index contributed by atoms with van der Waals surface area (Å²) in [5.41, 5.74) is 3.74. The van der Waals surface area contributed by atoms with Gasteiger partial charge in [0.05, 0.1) is 22.1 Å². The second kappa shape index (κ2) is 10.3. The number of aryl methyl sites for hydroxylation is 2. The minimum atomic E-state index is 0.610. The van der Waals surface area contributed by atoms with Gasteiger partial charge >= 0.3 is 0 Å². The van der Waals surface area contributed by atoms with Gasteiger partial charge in [-0.3, -0.25) is 0 Å². The lowest BCUT2D eigenvalue weighted by Gasteiger charge is -2.27. The second-order valence-electron chi connectivity index (χ2n) is 6.91. The van der Waals surface area contributed by atoms with Crippen LogP contribution in [0.4, 0.5) is 5.82 Å². The van der Waals surface area contributed by atoms with Gasteiger partial charge < -0.3 is 9.80 Å². The average Bonchev–Trinajstić information content (AvgIpc) is 2.64. The quantitative estimate of drug-likeness (QED) is 0.559. The van der Waals surface area contributed by atoms with Crippen molar-refractivity contribution in [3.05, 3.63) is 39.6 Å². The van der Waals surface area contributed by atoms with E-state index < -0.39 is 0 Å². The molecule has 148 valence electrons. The fourth-order valence-corrected chi connectivity index (χ4v) is 3.54.